The van der Waals surface area contributed by atoms with E-state index < -0.39 is 11.8 Å². The van der Waals surface area contributed by atoms with E-state index in [-0.39, 0.29) is 17.7 Å². The Kier molecular flexibility index (Phi) is 4.64. The first-order valence-electron chi connectivity index (χ1n) is 4.92. The van der Waals surface area contributed by atoms with Crippen LogP contribution in [0, 0.1) is 12.7 Å². The van der Waals surface area contributed by atoms with Crippen molar-refractivity contribution in [3.8, 4) is 5.75 Å². The van der Waals surface area contributed by atoms with Crippen molar-refractivity contribution in [2.75, 3.05) is 0 Å². The molecule has 0 atom stereocenters. The molecule has 1 radical (unpaired) electrons. The average Bonchev–Trinajstić information content (AvgIpc) is 2.29. The highest BCUT2D eigenvalue weighted by Crippen LogP contribution is 2.21. The number of aldehydes is 1. The largest absolute Gasteiger partial charge is 0.423 e. The van der Waals surface area contributed by atoms with Gasteiger partial charge in [-0.15, -0.1) is 0 Å². The van der Waals surface area contributed by atoms with Crippen LogP contribution in [-0.2, 0) is 4.79 Å². The summed E-state index contributed by atoms with van der Waals surface area (Å²) in [5.41, 5.74) is 0.0305. The summed E-state index contributed by atoms with van der Waals surface area (Å²) in [5, 5.41) is 0. The third kappa shape index (κ3) is 3.15. The fourth-order valence-corrected chi connectivity index (χ4v) is 1.16. The number of halogens is 1. The second kappa shape index (κ2) is 6.00. The first-order valence-corrected chi connectivity index (χ1v) is 4.92. The Hall–Kier alpha value is -1.71. The molecular weight excluding hydrogens is 211 g/mol. The maximum absolute atomic E-state index is 13.3. The van der Waals surface area contributed by atoms with Crippen LogP contribution in [0.4, 0.5) is 4.39 Å². The summed E-state index contributed by atoms with van der Waals surface area (Å²) in [6.07, 6.45) is 1.79. The number of ether oxygens (including phenoxy) is 1. The minimum absolute atomic E-state index is 0.0305. The lowest BCUT2D eigenvalue weighted by atomic mass is 10.2. The number of para-hydroxylation sites is 1. The highest BCUT2D eigenvalue weighted by Gasteiger charge is 2.13. The highest BCUT2D eigenvalue weighted by molar-refractivity contribution is 5.82. The average molecular weight is 223 g/mol. The van der Waals surface area contributed by atoms with E-state index >= 15 is 0 Å². The molecule has 0 saturated heterocycles. The van der Waals surface area contributed by atoms with Gasteiger partial charge in [-0.1, -0.05) is 19.4 Å². The number of rotatable bonds is 5. The van der Waals surface area contributed by atoms with Gasteiger partial charge < -0.3 is 4.74 Å². The molecule has 1 aromatic rings. The predicted octanol–water partition coefficient (Wildman–Crippen LogP) is 2.55. The number of hydrogen-bond acceptors (Lipinski definition) is 3. The van der Waals surface area contributed by atoms with Crippen molar-refractivity contribution in [2.24, 2.45) is 0 Å². The Labute approximate surface area is 93.2 Å². The fourth-order valence-electron chi connectivity index (χ4n) is 1.16. The fraction of sp³-hybridized carbons (Fsp3) is 0.250. The van der Waals surface area contributed by atoms with Gasteiger partial charge in [-0.05, 0) is 18.6 Å². The zero-order chi connectivity index (χ0) is 12.0. The molecule has 0 bridgehead atoms. The van der Waals surface area contributed by atoms with Crippen LogP contribution in [0.1, 0.15) is 29.6 Å². The number of unbranched alkanes of at least 4 members (excludes halogenated alkanes) is 1. The Bertz CT molecular complexity index is 388. The Balaban J connectivity index is 2.79. The molecular formula is C12H12FO3. The molecule has 0 aliphatic carbocycles. The van der Waals surface area contributed by atoms with E-state index in [2.05, 4.69) is 6.92 Å². The third-order valence-corrected chi connectivity index (χ3v) is 1.97. The second-order valence-corrected chi connectivity index (χ2v) is 3.21. The minimum atomic E-state index is -0.715. The minimum Gasteiger partial charge on any atom is -0.423 e. The second-order valence-electron chi connectivity index (χ2n) is 3.21. The molecule has 0 aliphatic heterocycles. The summed E-state index contributed by atoms with van der Waals surface area (Å²) in [5.74, 6) is -1.57. The van der Waals surface area contributed by atoms with Gasteiger partial charge in [0.05, 0.1) is 5.56 Å². The Morgan fingerprint density at radius 3 is 2.88 bits per heavy atom. The lowest BCUT2D eigenvalue weighted by molar-refractivity contribution is -0.134. The molecule has 4 heteroatoms. The van der Waals surface area contributed by atoms with Crippen LogP contribution in [0.5, 0.6) is 5.75 Å². The topological polar surface area (TPSA) is 43.4 Å². The van der Waals surface area contributed by atoms with E-state index in [9.17, 15) is 14.0 Å². The van der Waals surface area contributed by atoms with Crippen molar-refractivity contribution in [1.29, 1.82) is 0 Å². The van der Waals surface area contributed by atoms with Crippen LogP contribution >= 0.6 is 0 Å². The quantitative estimate of drug-likeness (QED) is 0.437. The molecule has 0 N–H and O–H groups in total. The van der Waals surface area contributed by atoms with Gasteiger partial charge in [0.15, 0.2) is 17.9 Å². The summed E-state index contributed by atoms with van der Waals surface area (Å²) >= 11 is 0. The van der Waals surface area contributed by atoms with Crippen molar-refractivity contribution < 1.29 is 18.7 Å². The molecule has 0 aliphatic rings. The third-order valence-electron chi connectivity index (χ3n) is 1.97. The number of benzene rings is 1. The molecule has 0 spiro atoms. The van der Waals surface area contributed by atoms with Crippen molar-refractivity contribution in [3.05, 3.63) is 36.5 Å². The summed E-state index contributed by atoms with van der Waals surface area (Å²) < 4.78 is 18.1. The lowest BCUT2D eigenvalue weighted by Crippen LogP contribution is -2.10. The van der Waals surface area contributed by atoms with Crippen LogP contribution in [0.3, 0.4) is 0 Å². The first kappa shape index (κ1) is 12.4. The summed E-state index contributed by atoms with van der Waals surface area (Å²) in [4.78, 5) is 21.9. The van der Waals surface area contributed by atoms with E-state index in [1.165, 1.54) is 12.1 Å². The predicted molar refractivity (Wildman–Crippen MR) is 56.6 cm³/mol. The SMILES string of the molecule is [CH2]CCCC(=O)Oc1c(F)cccc1C=O. The Morgan fingerprint density at radius 2 is 2.25 bits per heavy atom. The first-order chi connectivity index (χ1) is 7.69. The van der Waals surface area contributed by atoms with Gasteiger partial charge in [0, 0.05) is 6.42 Å². The van der Waals surface area contributed by atoms with Crippen molar-refractivity contribution in [1.82, 2.24) is 0 Å². The molecule has 1 rings (SSSR count). The number of esters is 1. The van der Waals surface area contributed by atoms with Crippen LogP contribution in [-0.4, -0.2) is 12.3 Å². The molecule has 0 aromatic heterocycles. The molecule has 85 valence electrons. The van der Waals surface area contributed by atoms with Gasteiger partial charge in [-0.25, -0.2) is 4.39 Å². The summed E-state index contributed by atoms with van der Waals surface area (Å²) in [6.45, 7) is 3.58. The van der Waals surface area contributed by atoms with Crippen molar-refractivity contribution >= 4 is 12.3 Å². The lowest BCUT2D eigenvalue weighted by Gasteiger charge is -2.06. The zero-order valence-electron chi connectivity index (χ0n) is 8.74. The normalized spacial score (nSPS) is 9.88. The van der Waals surface area contributed by atoms with Crippen LogP contribution in [0.2, 0.25) is 0 Å². The maximum atomic E-state index is 13.3. The smallest absolute Gasteiger partial charge is 0.311 e. The van der Waals surface area contributed by atoms with Gasteiger partial charge >= 0.3 is 5.97 Å². The highest BCUT2D eigenvalue weighted by atomic mass is 19.1. The summed E-state index contributed by atoms with van der Waals surface area (Å²) in [7, 11) is 0. The number of hydrogen-bond donors (Lipinski definition) is 0. The summed E-state index contributed by atoms with van der Waals surface area (Å²) in [6, 6.07) is 3.91. The molecule has 16 heavy (non-hydrogen) atoms. The van der Waals surface area contributed by atoms with Crippen molar-refractivity contribution in [3.63, 3.8) is 0 Å². The maximum Gasteiger partial charge on any atom is 0.311 e. The molecule has 3 nitrogen and oxygen atoms in total. The molecule has 0 amide bonds. The molecule has 0 fully saturated rings. The van der Waals surface area contributed by atoms with E-state index in [0.29, 0.717) is 19.1 Å². The van der Waals surface area contributed by atoms with Gasteiger partial charge in [0.25, 0.3) is 0 Å². The monoisotopic (exact) mass is 223 g/mol. The number of carbonyl (C=O) groups excluding carboxylic acids is 2. The molecule has 0 unspecified atom stereocenters. The van der Waals surface area contributed by atoms with Crippen LogP contribution in [0.15, 0.2) is 18.2 Å². The van der Waals surface area contributed by atoms with Gasteiger partial charge in [-0.2, -0.15) is 0 Å². The van der Waals surface area contributed by atoms with E-state index in [1.807, 2.05) is 0 Å². The van der Waals surface area contributed by atoms with Crippen molar-refractivity contribution in [2.45, 2.75) is 19.3 Å². The van der Waals surface area contributed by atoms with E-state index in [1.54, 1.807) is 0 Å². The van der Waals surface area contributed by atoms with Crippen LogP contribution in [0.25, 0.3) is 0 Å². The zero-order valence-corrected chi connectivity index (χ0v) is 8.74. The van der Waals surface area contributed by atoms with E-state index in [0.717, 1.165) is 6.07 Å². The van der Waals surface area contributed by atoms with Gasteiger partial charge in [-0.3, -0.25) is 9.59 Å². The molecule has 1 aromatic carbocycles. The molecule has 0 heterocycles. The number of carbonyl (C=O) groups is 2. The Morgan fingerprint density at radius 1 is 1.50 bits per heavy atom. The standard InChI is InChI=1S/C12H12FO3/c1-2-3-7-11(15)16-12-9(8-14)5-4-6-10(12)13/h4-6,8H,1-3,7H2. The molecule has 0 saturated carbocycles. The van der Waals surface area contributed by atoms with Gasteiger partial charge in [0.1, 0.15) is 0 Å². The van der Waals surface area contributed by atoms with Crippen LogP contribution < -0.4 is 4.74 Å². The van der Waals surface area contributed by atoms with E-state index in [4.69, 9.17) is 4.74 Å². The van der Waals surface area contributed by atoms with Gasteiger partial charge in [0.2, 0.25) is 0 Å².